The van der Waals surface area contributed by atoms with Gasteiger partial charge in [-0.1, -0.05) is 6.08 Å². The van der Waals surface area contributed by atoms with E-state index in [-0.39, 0.29) is 24.0 Å². The van der Waals surface area contributed by atoms with Crippen molar-refractivity contribution in [3.63, 3.8) is 0 Å². The molecule has 1 saturated heterocycles. The van der Waals surface area contributed by atoms with Crippen molar-refractivity contribution in [3.05, 3.63) is 12.7 Å². The summed E-state index contributed by atoms with van der Waals surface area (Å²) in [6.45, 7) is 12.3. The first kappa shape index (κ1) is 17.7. The van der Waals surface area contributed by atoms with E-state index in [0.717, 1.165) is 45.0 Å². The standard InChI is InChI=1S/C13H25N3O.HI/c1-4-9-15-13(14-5-2)16-10-7-12(8-11-16)17-6-3;/h4,12H,1,5-11H2,2-3H3,(H,14,15);1H. The summed E-state index contributed by atoms with van der Waals surface area (Å²) in [5.41, 5.74) is 0. The van der Waals surface area contributed by atoms with Gasteiger partial charge in [-0.2, -0.15) is 0 Å². The van der Waals surface area contributed by atoms with Crippen molar-refractivity contribution in [2.75, 3.05) is 32.8 Å². The Bertz CT molecular complexity index is 251. The number of nitrogens with one attached hydrogen (secondary N) is 1. The van der Waals surface area contributed by atoms with E-state index < -0.39 is 0 Å². The number of likely N-dealkylation sites (tertiary alicyclic amines) is 1. The highest BCUT2D eigenvalue weighted by molar-refractivity contribution is 14.0. The van der Waals surface area contributed by atoms with E-state index in [4.69, 9.17) is 4.74 Å². The number of ether oxygens (including phenoxy) is 1. The van der Waals surface area contributed by atoms with Gasteiger partial charge in [-0.05, 0) is 26.7 Å². The van der Waals surface area contributed by atoms with Crippen LogP contribution >= 0.6 is 24.0 Å². The van der Waals surface area contributed by atoms with Crippen LogP contribution in [0, 0.1) is 0 Å². The first-order valence-corrected chi connectivity index (χ1v) is 6.57. The molecule has 0 spiro atoms. The number of aliphatic imine (C=N–C) groups is 1. The zero-order valence-electron chi connectivity index (χ0n) is 11.5. The molecule has 1 aliphatic heterocycles. The van der Waals surface area contributed by atoms with Gasteiger partial charge in [0.25, 0.3) is 0 Å². The van der Waals surface area contributed by atoms with E-state index in [1.165, 1.54) is 0 Å². The lowest BCUT2D eigenvalue weighted by Gasteiger charge is -2.34. The highest BCUT2D eigenvalue weighted by Gasteiger charge is 2.21. The molecule has 0 aromatic rings. The third-order valence-corrected chi connectivity index (χ3v) is 2.85. The molecule has 0 aromatic heterocycles. The Hall–Kier alpha value is -0.300. The summed E-state index contributed by atoms with van der Waals surface area (Å²) in [6.07, 6.45) is 4.43. The number of hydrogen-bond acceptors (Lipinski definition) is 2. The second-order valence-corrected chi connectivity index (χ2v) is 4.13. The molecule has 0 aliphatic carbocycles. The van der Waals surface area contributed by atoms with Crippen LogP contribution in [0.4, 0.5) is 0 Å². The Kier molecular flexibility index (Phi) is 10.4. The largest absolute Gasteiger partial charge is 0.378 e. The van der Waals surface area contributed by atoms with Crippen LogP contribution < -0.4 is 5.32 Å². The predicted octanol–water partition coefficient (Wildman–Crippen LogP) is 2.26. The Labute approximate surface area is 128 Å². The smallest absolute Gasteiger partial charge is 0.194 e. The van der Waals surface area contributed by atoms with Crippen LogP contribution in [0.25, 0.3) is 0 Å². The summed E-state index contributed by atoms with van der Waals surface area (Å²) in [5.74, 6) is 1.00. The number of nitrogens with zero attached hydrogens (tertiary/aromatic N) is 2. The fourth-order valence-corrected chi connectivity index (χ4v) is 2.05. The number of guanidine groups is 1. The molecule has 1 rings (SSSR count). The molecule has 1 fully saturated rings. The minimum atomic E-state index is 0. The van der Waals surface area contributed by atoms with Crippen LogP contribution in [-0.4, -0.2) is 49.7 Å². The van der Waals surface area contributed by atoms with Crippen molar-refractivity contribution < 1.29 is 4.74 Å². The van der Waals surface area contributed by atoms with Crippen molar-refractivity contribution in [2.24, 2.45) is 4.99 Å². The molecule has 1 heterocycles. The summed E-state index contributed by atoms with van der Waals surface area (Å²) in [5, 5.41) is 3.32. The molecule has 1 aliphatic rings. The number of halogens is 1. The monoisotopic (exact) mass is 367 g/mol. The molecule has 0 amide bonds. The van der Waals surface area contributed by atoms with Gasteiger partial charge in [-0.25, -0.2) is 4.99 Å². The fraction of sp³-hybridized carbons (Fsp3) is 0.769. The lowest BCUT2D eigenvalue weighted by Crippen LogP contribution is -2.47. The second kappa shape index (κ2) is 10.6. The Morgan fingerprint density at radius 1 is 1.44 bits per heavy atom. The number of piperidine rings is 1. The Balaban J connectivity index is 0.00000289. The van der Waals surface area contributed by atoms with Gasteiger partial charge in [0.1, 0.15) is 0 Å². The third-order valence-electron chi connectivity index (χ3n) is 2.85. The van der Waals surface area contributed by atoms with E-state index in [1.54, 1.807) is 0 Å². The zero-order chi connectivity index (χ0) is 12.5. The van der Waals surface area contributed by atoms with Crippen LogP contribution in [0.2, 0.25) is 0 Å². The Morgan fingerprint density at radius 2 is 2.11 bits per heavy atom. The van der Waals surface area contributed by atoms with Crippen LogP contribution in [-0.2, 0) is 4.74 Å². The molecule has 0 radical (unpaired) electrons. The SMILES string of the molecule is C=CCN=C(NCC)N1CCC(OCC)CC1.I. The van der Waals surface area contributed by atoms with Gasteiger partial charge in [-0.3, -0.25) is 0 Å². The van der Waals surface area contributed by atoms with Crippen LogP contribution in [0.3, 0.4) is 0 Å². The highest BCUT2D eigenvalue weighted by atomic mass is 127. The molecular formula is C13H26IN3O. The van der Waals surface area contributed by atoms with E-state index >= 15 is 0 Å². The number of rotatable bonds is 5. The van der Waals surface area contributed by atoms with Crippen molar-refractivity contribution in [1.82, 2.24) is 10.2 Å². The van der Waals surface area contributed by atoms with Gasteiger partial charge >= 0.3 is 0 Å². The number of hydrogen-bond donors (Lipinski definition) is 1. The van der Waals surface area contributed by atoms with Crippen LogP contribution in [0.15, 0.2) is 17.6 Å². The molecular weight excluding hydrogens is 341 g/mol. The van der Waals surface area contributed by atoms with Gasteiger partial charge in [0.05, 0.1) is 12.6 Å². The van der Waals surface area contributed by atoms with E-state index in [1.807, 2.05) is 6.08 Å². The molecule has 5 heteroatoms. The normalized spacial score (nSPS) is 17.2. The van der Waals surface area contributed by atoms with E-state index in [0.29, 0.717) is 12.6 Å². The molecule has 18 heavy (non-hydrogen) atoms. The highest BCUT2D eigenvalue weighted by Crippen LogP contribution is 2.13. The molecule has 4 nitrogen and oxygen atoms in total. The molecule has 0 unspecified atom stereocenters. The fourth-order valence-electron chi connectivity index (χ4n) is 2.05. The second-order valence-electron chi connectivity index (χ2n) is 4.13. The van der Waals surface area contributed by atoms with Crippen molar-refractivity contribution >= 4 is 29.9 Å². The van der Waals surface area contributed by atoms with Gasteiger partial charge in [-0.15, -0.1) is 30.6 Å². The maximum Gasteiger partial charge on any atom is 0.194 e. The van der Waals surface area contributed by atoms with Crippen LogP contribution in [0.5, 0.6) is 0 Å². The average Bonchev–Trinajstić information content (AvgIpc) is 2.36. The average molecular weight is 367 g/mol. The molecule has 0 saturated carbocycles. The minimum Gasteiger partial charge on any atom is -0.378 e. The van der Waals surface area contributed by atoms with Gasteiger partial charge < -0.3 is 15.0 Å². The summed E-state index contributed by atoms with van der Waals surface area (Å²) < 4.78 is 5.65. The van der Waals surface area contributed by atoms with Crippen molar-refractivity contribution in [2.45, 2.75) is 32.8 Å². The first-order chi connectivity index (χ1) is 8.31. The van der Waals surface area contributed by atoms with E-state index in [9.17, 15) is 0 Å². The lowest BCUT2D eigenvalue weighted by molar-refractivity contribution is 0.0264. The molecule has 0 aromatic carbocycles. The van der Waals surface area contributed by atoms with Gasteiger partial charge in [0.15, 0.2) is 5.96 Å². The van der Waals surface area contributed by atoms with Crippen molar-refractivity contribution in [1.29, 1.82) is 0 Å². The lowest BCUT2D eigenvalue weighted by atomic mass is 10.1. The quantitative estimate of drug-likeness (QED) is 0.351. The van der Waals surface area contributed by atoms with Gasteiger partial charge in [0, 0.05) is 26.2 Å². The zero-order valence-corrected chi connectivity index (χ0v) is 13.9. The maximum atomic E-state index is 5.65. The first-order valence-electron chi connectivity index (χ1n) is 6.57. The van der Waals surface area contributed by atoms with E-state index in [2.05, 4.69) is 35.6 Å². The molecule has 1 N–H and O–H groups in total. The Morgan fingerprint density at radius 3 is 2.61 bits per heavy atom. The van der Waals surface area contributed by atoms with Crippen LogP contribution in [0.1, 0.15) is 26.7 Å². The molecule has 0 atom stereocenters. The molecule has 0 bridgehead atoms. The van der Waals surface area contributed by atoms with Gasteiger partial charge in [0.2, 0.25) is 0 Å². The molecule has 106 valence electrons. The minimum absolute atomic E-state index is 0. The summed E-state index contributed by atoms with van der Waals surface area (Å²) >= 11 is 0. The summed E-state index contributed by atoms with van der Waals surface area (Å²) in [6, 6.07) is 0. The van der Waals surface area contributed by atoms with Crippen molar-refractivity contribution in [3.8, 4) is 0 Å². The third kappa shape index (κ3) is 6.04. The predicted molar refractivity (Wildman–Crippen MR) is 87.8 cm³/mol. The summed E-state index contributed by atoms with van der Waals surface area (Å²) in [7, 11) is 0. The summed E-state index contributed by atoms with van der Waals surface area (Å²) in [4.78, 5) is 6.81. The maximum absolute atomic E-state index is 5.65. The topological polar surface area (TPSA) is 36.9 Å².